The number of alkyl halides is 3. The van der Waals surface area contributed by atoms with Crippen molar-refractivity contribution >= 4 is 32.6 Å². The van der Waals surface area contributed by atoms with Gasteiger partial charge in [-0.2, -0.15) is 13.2 Å². The summed E-state index contributed by atoms with van der Waals surface area (Å²) >= 11 is 5.71. The predicted molar refractivity (Wildman–Crippen MR) is 113 cm³/mol. The van der Waals surface area contributed by atoms with Crippen LogP contribution in [0.25, 0.3) is 33.8 Å². The molecule has 0 saturated heterocycles. The molecule has 3 aromatic heterocycles. The van der Waals surface area contributed by atoms with E-state index in [2.05, 4.69) is 19.9 Å². The third-order valence-corrected chi connectivity index (χ3v) is 6.95. The van der Waals surface area contributed by atoms with E-state index < -0.39 is 27.7 Å². The van der Waals surface area contributed by atoms with Crippen LogP contribution in [0.15, 0.2) is 41.6 Å². The number of aryl methyl sites for hydroxylation is 1. The number of hydrogen-bond donors (Lipinski definition) is 0. The first-order valence-corrected chi connectivity index (χ1v) is 11.4. The summed E-state index contributed by atoms with van der Waals surface area (Å²) in [6, 6.07) is 5.26. The van der Waals surface area contributed by atoms with Crippen molar-refractivity contribution in [2.75, 3.05) is 5.75 Å². The molecule has 0 aliphatic carbocycles. The Morgan fingerprint density at radius 1 is 1.06 bits per heavy atom. The van der Waals surface area contributed by atoms with E-state index in [1.54, 1.807) is 0 Å². The van der Waals surface area contributed by atoms with Crippen LogP contribution in [0, 0.1) is 5.82 Å². The second kappa shape index (κ2) is 8.03. The van der Waals surface area contributed by atoms with Gasteiger partial charge in [0, 0.05) is 18.8 Å². The molecule has 0 aliphatic heterocycles. The van der Waals surface area contributed by atoms with Crippen LogP contribution in [0.3, 0.4) is 0 Å². The van der Waals surface area contributed by atoms with Crippen molar-refractivity contribution in [1.29, 1.82) is 0 Å². The van der Waals surface area contributed by atoms with Crippen molar-refractivity contribution in [3.63, 3.8) is 0 Å². The van der Waals surface area contributed by atoms with Crippen molar-refractivity contribution in [2.24, 2.45) is 7.05 Å². The molecule has 1 aromatic carbocycles. The van der Waals surface area contributed by atoms with Gasteiger partial charge in [-0.3, -0.25) is 4.98 Å². The van der Waals surface area contributed by atoms with Gasteiger partial charge in [0.2, 0.25) is 5.82 Å². The number of halogens is 5. The number of fused-ring (bicyclic) bond motifs is 1. The van der Waals surface area contributed by atoms with E-state index in [9.17, 15) is 26.0 Å². The third kappa shape index (κ3) is 4.15. The molecule has 13 heteroatoms. The summed E-state index contributed by atoms with van der Waals surface area (Å²) in [6.45, 7) is 1.43. The van der Waals surface area contributed by atoms with E-state index in [1.807, 2.05) is 0 Å². The molecule has 0 bridgehead atoms. The summed E-state index contributed by atoms with van der Waals surface area (Å²) in [5.74, 6) is -2.34. The largest absolute Gasteiger partial charge is 0.449 e. The predicted octanol–water partition coefficient (Wildman–Crippen LogP) is 4.70. The second-order valence-corrected chi connectivity index (χ2v) is 9.65. The van der Waals surface area contributed by atoms with Gasteiger partial charge in [0.15, 0.2) is 21.3 Å². The molecule has 0 radical (unpaired) electrons. The minimum Gasteiger partial charge on any atom is -0.308 e. The molecule has 0 aliphatic rings. The minimum absolute atomic E-state index is 0.0964. The quantitative estimate of drug-likeness (QED) is 0.378. The topological polar surface area (TPSA) is 90.6 Å². The van der Waals surface area contributed by atoms with E-state index >= 15 is 0 Å². The normalized spacial score (nSPS) is 12.5. The number of benzene rings is 1. The average Bonchev–Trinajstić information content (AvgIpc) is 3.11. The monoisotopic (exact) mass is 499 g/mol. The molecule has 172 valence electrons. The fraction of sp³-hybridized carbons (Fsp3) is 0.200. The number of rotatable bonds is 4. The molecule has 0 spiro atoms. The fourth-order valence-corrected chi connectivity index (χ4v) is 4.36. The van der Waals surface area contributed by atoms with Crippen LogP contribution >= 0.6 is 11.6 Å². The summed E-state index contributed by atoms with van der Waals surface area (Å²) < 4.78 is 79.8. The highest BCUT2D eigenvalue weighted by Crippen LogP contribution is 2.33. The standard InChI is InChI=1S/C20H14ClF4N5O2S/c1-3-33(31,32)15-7-11(10-4-5-12(21)13(22)6-10)8-26-16(15)17-27-9-14-18(29-17)30(2)19(28-14)20(23,24)25/h4-9H,3H2,1-2H3. The molecule has 7 nitrogen and oxygen atoms in total. The number of nitrogens with zero attached hydrogens (tertiary/aromatic N) is 5. The maximum Gasteiger partial charge on any atom is 0.449 e. The summed E-state index contributed by atoms with van der Waals surface area (Å²) in [5, 5.41) is -0.0964. The van der Waals surface area contributed by atoms with E-state index in [4.69, 9.17) is 11.6 Å². The Hall–Kier alpha value is -3.12. The molecular formula is C20H14ClF4N5O2S. The van der Waals surface area contributed by atoms with Crippen LogP contribution in [-0.2, 0) is 23.1 Å². The van der Waals surface area contributed by atoms with Gasteiger partial charge >= 0.3 is 6.18 Å². The lowest BCUT2D eigenvalue weighted by molar-refractivity contribution is -0.146. The van der Waals surface area contributed by atoms with Gasteiger partial charge in [0.1, 0.15) is 17.0 Å². The van der Waals surface area contributed by atoms with Gasteiger partial charge in [-0.15, -0.1) is 0 Å². The Balaban J connectivity index is 1.92. The first-order chi connectivity index (χ1) is 15.4. The molecule has 0 unspecified atom stereocenters. The maximum atomic E-state index is 13.9. The zero-order chi connectivity index (χ0) is 24.1. The fourth-order valence-electron chi connectivity index (χ4n) is 3.19. The highest BCUT2D eigenvalue weighted by atomic mass is 35.5. The van der Waals surface area contributed by atoms with Crippen LogP contribution < -0.4 is 0 Å². The van der Waals surface area contributed by atoms with Gasteiger partial charge < -0.3 is 4.57 Å². The maximum absolute atomic E-state index is 13.9. The van der Waals surface area contributed by atoms with Crippen molar-refractivity contribution in [3.8, 4) is 22.6 Å². The summed E-state index contributed by atoms with van der Waals surface area (Å²) in [6.07, 6.45) is -2.34. The minimum atomic E-state index is -4.71. The van der Waals surface area contributed by atoms with Crippen molar-refractivity contribution in [3.05, 3.63) is 53.3 Å². The van der Waals surface area contributed by atoms with Crippen molar-refractivity contribution in [1.82, 2.24) is 24.5 Å². The number of hydrogen-bond acceptors (Lipinski definition) is 6. The first kappa shape index (κ1) is 23.1. The van der Waals surface area contributed by atoms with Crippen LogP contribution in [0.5, 0.6) is 0 Å². The number of sulfone groups is 1. The van der Waals surface area contributed by atoms with Gasteiger partial charge in [-0.1, -0.05) is 24.6 Å². The molecule has 4 aromatic rings. The molecule has 3 heterocycles. The summed E-state index contributed by atoms with van der Waals surface area (Å²) in [7, 11) is -2.73. The Labute approximate surface area is 190 Å². The number of pyridine rings is 1. The van der Waals surface area contributed by atoms with Crippen LogP contribution in [-0.4, -0.2) is 38.7 Å². The molecule has 0 amide bonds. The van der Waals surface area contributed by atoms with E-state index in [-0.39, 0.29) is 38.4 Å². The molecular weight excluding hydrogens is 486 g/mol. The van der Waals surface area contributed by atoms with E-state index in [1.165, 1.54) is 31.3 Å². The average molecular weight is 500 g/mol. The second-order valence-electron chi connectivity index (χ2n) is 7.00. The van der Waals surface area contributed by atoms with Crippen LogP contribution in [0.1, 0.15) is 12.7 Å². The van der Waals surface area contributed by atoms with E-state index in [0.717, 1.165) is 23.9 Å². The zero-order valence-electron chi connectivity index (χ0n) is 17.0. The number of aromatic nitrogens is 5. The lowest BCUT2D eigenvalue weighted by atomic mass is 10.1. The molecule has 0 fully saturated rings. The Kier molecular flexibility index (Phi) is 5.61. The first-order valence-electron chi connectivity index (χ1n) is 9.37. The highest BCUT2D eigenvalue weighted by molar-refractivity contribution is 7.91. The van der Waals surface area contributed by atoms with E-state index in [0.29, 0.717) is 11.1 Å². The lowest BCUT2D eigenvalue weighted by Gasteiger charge is -2.11. The Morgan fingerprint density at radius 3 is 2.42 bits per heavy atom. The SMILES string of the molecule is CCS(=O)(=O)c1cc(-c2ccc(Cl)c(F)c2)cnc1-c1ncc2nc(C(F)(F)F)n(C)c2n1. The van der Waals surface area contributed by atoms with Gasteiger partial charge in [-0.05, 0) is 23.8 Å². The van der Waals surface area contributed by atoms with Crippen LogP contribution in [0.4, 0.5) is 17.6 Å². The van der Waals surface area contributed by atoms with Crippen LogP contribution in [0.2, 0.25) is 5.02 Å². The smallest absolute Gasteiger partial charge is 0.308 e. The lowest BCUT2D eigenvalue weighted by Crippen LogP contribution is -2.12. The summed E-state index contributed by atoms with van der Waals surface area (Å²) in [4.78, 5) is 15.5. The highest BCUT2D eigenvalue weighted by Gasteiger charge is 2.37. The molecule has 0 atom stereocenters. The molecule has 4 rings (SSSR count). The third-order valence-electron chi connectivity index (χ3n) is 4.90. The van der Waals surface area contributed by atoms with Crippen molar-refractivity contribution < 1.29 is 26.0 Å². The van der Waals surface area contributed by atoms with Gasteiger partial charge in [-0.25, -0.2) is 27.8 Å². The Morgan fingerprint density at radius 2 is 1.79 bits per heavy atom. The molecule has 0 N–H and O–H groups in total. The van der Waals surface area contributed by atoms with Gasteiger partial charge in [0.05, 0.1) is 21.9 Å². The Bertz CT molecular complexity index is 1500. The number of imidazole rings is 1. The molecule has 0 saturated carbocycles. The summed E-state index contributed by atoms with van der Waals surface area (Å²) in [5.41, 5.74) is 0.231. The van der Waals surface area contributed by atoms with Crippen molar-refractivity contribution in [2.45, 2.75) is 18.0 Å². The molecule has 33 heavy (non-hydrogen) atoms. The zero-order valence-corrected chi connectivity index (χ0v) is 18.6. The van der Waals surface area contributed by atoms with Gasteiger partial charge in [0.25, 0.3) is 0 Å².